The second kappa shape index (κ2) is 8.89. The number of hydrogen-bond acceptors (Lipinski definition) is 7. The molecule has 2 aromatic heterocycles. The lowest BCUT2D eigenvalue weighted by atomic mass is 10.2. The molecular formula is C18H20BrN2O5P. The lowest BCUT2D eigenvalue weighted by Gasteiger charge is -2.15. The smallest absolute Gasteiger partial charge is 0.385 e. The Morgan fingerprint density at radius 3 is 2.44 bits per heavy atom. The predicted molar refractivity (Wildman–Crippen MR) is 106 cm³/mol. The van der Waals surface area contributed by atoms with Crippen LogP contribution in [0.3, 0.4) is 0 Å². The summed E-state index contributed by atoms with van der Waals surface area (Å²) < 4.78 is 36.3. The highest BCUT2D eigenvalue weighted by atomic mass is 79.9. The van der Waals surface area contributed by atoms with Crippen LogP contribution in [0.25, 0.3) is 11.5 Å². The van der Waals surface area contributed by atoms with Gasteiger partial charge in [-0.3, -0.25) is 4.57 Å². The fraction of sp³-hybridized carbons (Fsp3) is 0.278. The topological polar surface area (TPSA) is 86.7 Å². The van der Waals surface area contributed by atoms with Gasteiger partial charge in [-0.15, -0.1) is 0 Å². The maximum atomic E-state index is 13.3. The number of nitrogens with zero attached hydrogens (tertiary/aromatic N) is 1. The Balaban J connectivity index is 1.99. The van der Waals surface area contributed by atoms with Crippen LogP contribution in [0.4, 0.5) is 5.88 Å². The number of halogens is 1. The van der Waals surface area contributed by atoms with Crippen LogP contribution in [0.5, 0.6) is 0 Å². The van der Waals surface area contributed by atoms with E-state index in [1.54, 1.807) is 26.2 Å². The molecule has 3 rings (SSSR count). The maximum Gasteiger partial charge on any atom is 0.385 e. The number of nitrogens with one attached hydrogen (secondary N) is 1. The van der Waals surface area contributed by atoms with E-state index < -0.39 is 7.60 Å². The number of furan rings is 1. The summed E-state index contributed by atoms with van der Waals surface area (Å²) in [6.45, 7) is 4.27. The summed E-state index contributed by atoms with van der Waals surface area (Å²) in [5.74, 6) is 1.25. The van der Waals surface area contributed by atoms with E-state index in [9.17, 15) is 4.57 Å². The molecule has 3 aromatic rings. The SMILES string of the molecule is CCOP(=O)(OCC)c1nc(-c2ccc(Br)cc2)oc1NCc1ccco1. The minimum atomic E-state index is -3.63. The highest BCUT2D eigenvalue weighted by Crippen LogP contribution is 2.49. The zero-order chi connectivity index (χ0) is 19.3. The van der Waals surface area contributed by atoms with Gasteiger partial charge in [0, 0.05) is 10.0 Å². The highest BCUT2D eigenvalue weighted by molar-refractivity contribution is 9.10. The molecule has 144 valence electrons. The number of benzene rings is 1. The first-order valence-corrected chi connectivity index (χ1v) is 10.8. The number of oxazole rings is 1. The Morgan fingerprint density at radius 1 is 1.15 bits per heavy atom. The van der Waals surface area contributed by atoms with Crippen molar-refractivity contribution in [3.05, 3.63) is 52.9 Å². The van der Waals surface area contributed by atoms with Gasteiger partial charge in [-0.05, 0) is 50.2 Å². The van der Waals surface area contributed by atoms with Gasteiger partial charge in [-0.25, -0.2) is 0 Å². The van der Waals surface area contributed by atoms with Crippen molar-refractivity contribution in [1.29, 1.82) is 0 Å². The van der Waals surface area contributed by atoms with Crippen molar-refractivity contribution in [3.63, 3.8) is 0 Å². The molecule has 27 heavy (non-hydrogen) atoms. The molecule has 0 amide bonds. The molecule has 0 saturated heterocycles. The highest BCUT2D eigenvalue weighted by Gasteiger charge is 2.35. The lowest BCUT2D eigenvalue weighted by molar-refractivity contribution is 0.229. The van der Waals surface area contributed by atoms with E-state index in [1.807, 2.05) is 30.3 Å². The van der Waals surface area contributed by atoms with Crippen molar-refractivity contribution < 1.29 is 22.4 Å². The van der Waals surface area contributed by atoms with Gasteiger partial charge in [0.25, 0.3) is 0 Å². The number of aromatic nitrogens is 1. The number of anilines is 1. The van der Waals surface area contributed by atoms with E-state index in [1.165, 1.54) is 0 Å². The largest absolute Gasteiger partial charge is 0.467 e. The zero-order valence-electron chi connectivity index (χ0n) is 15.0. The summed E-state index contributed by atoms with van der Waals surface area (Å²) in [5, 5.41) is 3.08. The third-order valence-electron chi connectivity index (χ3n) is 3.56. The van der Waals surface area contributed by atoms with Crippen molar-refractivity contribution in [2.45, 2.75) is 20.4 Å². The monoisotopic (exact) mass is 454 g/mol. The van der Waals surface area contributed by atoms with E-state index in [4.69, 9.17) is 17.9 Å². The van der Waals surface area contributed by atoms with E-state index in [-0.39, 0.29) is 24.5 Å². The molecule has 7 nitrogen and oxygen atoms in total. The number of hydrogen-bond donors (Lipinski definition) is 1. The van der Waals surface area contributed by atoms with Crippen LogP contribution in [-0.4, -0.2) is 18.2 Å². The Labute approximate surface area is 165 Å². The second-order valence-electron chi connectivity index (χ2n) is 5.44. The Morgan fingerprint density at radius 2 is 1.85 bits per heavy atom. The first-order valence-electron chi connectivity index (χ1n) is 8.48. The average Bonchev–Trinajstić information content (AvgIpc) is 3.31. The second-order valence-corrected chi connectivity index (χ2v) is 8.30. The minimum absolute atomic E-state index is 0.121. The van der Waals surface area contributed by atoms with Crippen LogP contribution >= 0.6 is 23.5 Å². The number of rotatable bonds is 9. The summed E-state index contributed by atoms with van der Waals surface area (Å²) in [6.07, 6.45) is 1.58. The fourth-order valence-electron chi connectivity index (χ4n) is 2.41. The van der Waals surface area contributed by atoms with Crippen molar-refractivity contribution >= 4 is 34.8 Å². The van der Waals surface area contributed by atoms with Gasteiger partial charge in [0.2, 0.25) is 17.2 Å². The van der Waals surface area contributed by atoms with Crippen LogP contribution in [0.15, 0.2) is 56.0 Å². The van der Waals surface area contributed by atoms with E-state index in [0.29, 0.717) is 18.2 Å². The van der Waals surface area contributed by atoms with Gasteiger partial charge in [0.15, 0.2) is 0 Å². The first-order chi connectivity index (χ1) is 13.1. The normalized spacial score (nSPS) is 11.7. The summed E-state index contributed by atoms with van der Waals surface area (Å²) in [4.78, 5) is 4.43. The van der Waals surface area contributed by atoms with Crippen molar-refractivity contribution in [1.82, 2.24) is 4.98 Å². The zero-order valence-corrected chi connectivity index (χ0v) is 17.5. The van der Waals surface area contributed by atoms with Crippen LogP contribution < -0.4 is 10.8 Å². The van der Waals surface area contributed by atoms with Gasteiger partial charge in [0.1, 0.15) is 5.76 Å². The quantitative estimate of drug-likeness (QED) is 0.444. The molecule has 1 aromatic carbocycles. The molecule has 0 aliphatic heterocycles. The molecule has 0 atom stereocenters. The van der Waals surface area contributed by atoms with Crippen molar-refractivity contribution in [3.8, 4) is 11.5 Å². The van der Waals surface area contributed by atoms with Crippen molar-refractivity contribution in [2.24, 2.45) is 0 Å². The molecule has 1 N–H and O–H groups in total. The molecule has 9 heteroatoms. The molecule has 0 saturated carbocycles. The Bertz CT molecular complexity index is 898. The molecule has 0 aliphatic carbocycles. The predicted octanol–water partition coefficient (Wildman–Crippen LogP) is 5.20. The third kappa shape index (κ3) is 4.71. The maximum absolute atomic E-state index is 13.3. The molecule has 0 unspecified atom stereocenters. The van der Waals surface area contributed by atoms with Crippen LogP contribution in [0, 0.1) is 0 Å². The summed E-state index contributed by atoms with van der Waals surface area (Å²) in [6, 6.07) is 11.1. The van der Waals surface area contributed by atoms with Gasteiger partial charge >= 0.3 is 7.60 Å². The lowest BCUT2D eigenvalue weighted by Crippen LogP contribution is -2.16. The van der Waals surface area contributed by atoms with Crippen LogP contribution in [0.2, 0.25) is 0 Å². The van der Waals surface area contributed by atoms with Gasteiger partial charge in [-0.2, -0.15) is 4.98 Å². The average molecular weight is 455 g/mol. The Hall–Kier alpha value is -1.86. The molecule has 0 fully saturated rings. The van der Waals surface area contributed by atoms with Gasteiger partial charge in [0.05, 0.1) is 26.0 Å². The summed E-state index contributed by atoms with van der Waals surface area (Å²) in [5.41, 5.74) is 0.862. The van der Waals surface area contributed by atoms with Crippen LogP contribution in [0.1, 0.15) is 19.6 Å². The third-order valence-corrected chi connectivity index (χ3v) is 6.11. The molecule has 0 spiro atoms. The molecule has 0 radical (unpaired) electrons. The molecule has 0 bridgehead atoms. The molecule has 0 aliphatic rings. The Kier molecular flexibility index (Phi) is 6.55. The first kappa shape index (κ1) is 19.9. The standard InChI is InChI=1S/C18H20BrN2O5P/c1-3-24-27(22,25-4-2)18-17(20-12-15-6-5-11-23-15)26-16(21-18)13-7-9-14(19)10-8-13/h5-11,20H,3-4,12H2,1-2H3. The van der Waals surface area contributed by atoms with Gasteiger partial charge in [-0.1, -0.05) is 15.9 Å². The summed E-state index contributed by atoms with van der Waals surface area (Å²) >= 11 is 3.40. The van der Waals surface area contributed by atoms with E-state index >= 15 is 0 Å². The molecular weight excluding hydrogens is 435 g/mol. The van der Waals surface area contributed by atoms with Crippen molar-refractivity contribution in [2.75, 3.05) is 18.5 Å². The van der Waals surface area contributed by atoms with E-state index in [2.05, 4.69) is 26.2 Å². The molecule has 2 heterocycles. The minimum Gasteiger partial charge on any atom is -0.467 e. The summed E-state index contributed by atoms with van der Waals surface area (Å²) in [7, 11) is -3.63. The van der Waals surface area contributed by atoms with E-state index in [0.717, 1.165) is 10.0 Å². The van der Waals surface area contributed by atoms with Gasteiger partial charge < -0.3 is 23.2 Å². The van der Waals surface area contributed by atoms with Crippen LogP contribution in [-0.2, 0) is 20.2 Å². The fourth-order valence-corrected chi connectivity index (χ4v) is 4.26.